The number of benzene rings is 1. The molecule has 0 amide bonds. The summed E-state index contributed by atoms with van der Waals surface area (Å²) < 4.78 is 0. The van der Waals surface area contributed by atoms with Crippen LogP contribution in [-0.2, 0) is 0 Å². The highest BCUT2D eigenvalue weighted by atomic mass is 35.5. The highest BCUT2D eigenvalue weighted by Crippen LogP contribution is 2.36. The molecule has 21 heavy (non-hydrogen) atoms. The number of unbranched alkanes of at least 4 members (excludes halogenated alkanes) is 7. The van der Waals surface area contributed by atoms with E-state index in [-0.39, 0.29) is 10.8 Å². The lowest BCUT2D eigenvalue weighted by Crippen LogP contribution is -1.98. The van der Waals surface area contributed by atoms with Crippen LogP contribution in [0.15, 0.2) is 12.1 Å². The summed E-state index contributed by atoms with van der Waals surface area (Å²) in [5.41, 5.74) is 0.426. The number of hydrogen-bond donors (Lipinski definition) is 2. The van der Waals surface area contributed by atoms with Gasteiger partial charge in [0.25, 0.3) is 0 Å². The maximum Gasteiger partial charge on any atom is 0.140 e. The van der Waals surface area contributed by atoms with E-state index in [0.717, 1.165) is 12.8 Å². The predicted octanol–water partition coefficient (Wildman–Crippen LogP) is 6.26. The Balaban J connectivity index is 2.27. The molecule has 0 aliphatic heterocycles. The second-order valence-corrected chi connectivity index (χ2v) is 6.45. The van der Waals surface area contributed by atoms with Crippen molar-refractivity contribution in [2.45, 2.75) is 70.8 Å². The fraction of sp³-hybridized carbons (Fsp3) is 0.647. The maximum absolute atomic E-state index is 10.1. The van der Waals surface area contributed by atoms with Gasteiger partial charge in [0.05, 0.1) is 11.1 Å². The molecule has 0 radical (unpaired) electrons. The van der Waals surface area contributed by atoms with Crippen molar-refractivity contribution in [3.05, 3.63) is 27.7 Å². The van der Waals surface area contributed by atoms with E-state index in [0.29, 0.717) is 17.0 Å². The molecule has 1 aromatic carbocycles. The van der Waals surface area contributed by atoms with Crippen LogP contribution in [0.3, 0.4) is 0 Å². The number of aromatic hydroxyl groups is 1. The molecule has 0 saturated carbocycles. The number of rotatable bonds is 10. The van der Waals surface area contributed by atoms with Crippen LogP contribution in [0, 0.1) is 0 Å². The Bertz CT molecular complexity index is 421. The summed E-state index contributed by atoms with van der Waals surface area (Å²) in [6.45, 7) is 2.22. The normalized spacial score (nSPS) is 12.6. The third-order valence-corrected chi connectivity index (χ3v) is 4.25. The first-order chi connectivity index (χ1) is 10.1. The molecule has 0 aliphatic carbocycles. The van der Waals surface area contributed by atoms with Gasteiger partial charge in [0.15, 0.2) is 0 Å². The largest absolute Gasteiger partial charge is 0.506 e. The van der Waals surface area contributed by atoms with Crippen molar-refractivity contribution in [3.63, 3.8) is 0 Å². The van der Waals surface area contributed by atoms with Gasteiger partial charge in [-0.3, -0.25) is 0 Å². The molecule has 0 bridgehead atoms. The fourth-order valence-electron chi connectivity index (χ4n) is 2.47. The standard InChI is InChI=1S/C17H26Cl2O2/c1-2-3-4-5-6-7-8-9-10-16(20)14-11-13(18)12-15(19)17(14)21/h11-12,16,20-21H,2-10H2,1H3. The number of aliphatic hydroxyl groups is 1. The average Bonchev–Trinajstić information content (AvgIpc) is 2.45. The van der Waals surface area contributed by atoms with E-state index in [4.69, 9.17) is 23.2 Å². The Hall–Kier alpha value is -0.440. The number of aliphatic hydroxyl groups excluding tert-OH is 1. The summed E-state index contributed by atoms with van der Waals surface area (Å²) >= 11 is 11.8. The van der Waals surface area contributed by atoms with Crippen molar-refractivity contribution in [1.29, 1.82) is 0 Å². The van der Waals surface area contributed by atoms with Gasteiger partial charge >= 0.3 is 0 Å². The molecule has 2 N–H and O–H groups in total. The molecule has 1 atom stereocenters. The zero-order chi connectivity index (χ0) is 15.7. The third kappa shape index (κ3) is 6.90. The minimum Gasteiger partial charge on any atom is -0.506 e. The van der Waals surface area contributed by atoms with Crippen molar-refractivity contribution >= 4 is 23.2 Å². The van der Waals surface area contributed by atoms with Gasteiger partial charge in [-0.1, -0.05) is 81.5 Å². The molecular formula is C17H26Cl2O2. The first kappa shape index (κ1) is 18.6. The third-order valence-electron chi connectivity index (χ3n) is 3.75. The van der Waals surface area contributed by atoms with Gasteiger partial charge < -0.3 is 10.2 Å². The SMILES string of the molecule is CCCCCCCCCCC(O)c1cc(Cl)cc(Cl)c1O. The second kappa shape index (κ2) is 10.3. The van der Waals surface area contributed by atoms with Crippen LogP contribution < -0.4 is 0 Å². The van der Waals surface area contributed by atoms with E-state index in [2.05, 4.69) is 6.92 Å². The number of hydrogen-bond acceptors (Lipinski definition) is 2. The summed E-state index contributed by atoms with van der Waals surface area (Å²) in [6, 6.07) is 3.06. The van der Waals surface area contributed by atoms with E-state index in [1.165, 1.54) is 44.6 Å². The molecule has 0 aromatic heterocycles. The molecule has 0 saturated heterocycles. The van der Waals surface area contributed by atoms with E-state index in [1.54, 1.807) is 6.07 Å². The van der Waals surface area contributed by atoms with Crippen LogP contribution in [0.2, 0.25) is 10.0 Å². The molecule has 0 fully saturated rings. The Morgan fingerprint density at radius 1 is 0.952 bits per heavy atom. The molecule has 1 rings (SSSR count). The second-order valence-electron chi connectivity index (χ2n) is 5.60. The first-order valence-corrected chi connectivity index (χ1v) is 8.67. The monoisotopic (exact) mass is 332 g/mol. The molecule has 4 heteroatoms. The predicted molar refractivity (Wildman–Crippen MR) is 90.3 cm³/mol. The Kier molecular flexibility index (Phi) is 9.14. The number of halogens is 2. The van der Waals surface area contributed by atoms with Gasteiger partial charge in [-0.25, -0.2) is 0 Å². The Morgan fingerprint density at radius 3 is 2.14 bits per heavy atom. The number of phenolic OH excluding ortho intramolecular Hbond substituents is 1. The highest BCUT2D eigenvalue weighted by molar-refractivity contribution is 6.35. The van der Waals surface area contributed by atoms with Crippen molar-refractivity contribution in [1.82, 2.24) is 0 Å². The zero-order valence-electron chi connectivity index (χ0n) is 12.7. The van der Waals surface area contributed by atoms with Gasteiger partial charge in [-0.15, -0.1) is 0 Å². The summed E-state index contributed by atoms with van der Waals surface area (Å²) in [7, 11) is 0. The number of phenols is 1. The van der Waals surface area contributed by atoms with Crippen LogP contribution >= 0.6 is 23.2 Å². The lowest BCUT2D eigenvalue weighted by Gasteiger charge is -2.14. The van der Waals surface area contributed by atoms with Gasteiger partial charge in [0.2, 0.25) is 0 Å². The van der Waals surface area contributed by atoms with Gasteiger partial charge in [0, 0.05) is 10.6 Å². The maximum atomic E-state index is 10.1. The van der Waals surface area contributed by atoms with Crippen molar-refractivity contribution in [3.8, 4) is 5.75 Å². The van der Waals surface area contributed by atoms with Gasteiger partial charge in [0.1, 0.15) is 5.75 Å². The lowest BCUT2D eigenvalue weighted by molar-refractivity contribution is 0.159. The Labute approximate surface area is 138 Å². The summed E-state index contributed by atoms with van der Waals surface area (Å²) in [5, 5.41) is 20.6. The van der Waals surface area contributed by atoms with Crippen LogP contribution in [-0.4, -0.2) is 10.2 Å². The molecule has 2 nitrogen and oxygen atoms in total. The molecule has 0 heterocycles. The van der Waals surface area contributed by atoms with E-state index in [9.17, 15) is 10.2 Å². The van der Waals surface area contributed by atoms with Crippen molar-refractivity contribution in [2.75, 3.05) is 0 Å². The van der Waals surface area contributed by atoms with Crippen LogP contribution in [0.5, 0.6) is 5.75 Å². The molecular weight excluding hydrogens is 307 g/mol. The molecule has 120 valence electrons. The van der Waals surface area contributed by atoms with Crippen molar-refractivity contribution < 1.29 is 10.2 Å². The highest BCUT2D eigenvalue weighted by Gasteiger charge is 2.15. The Morgan fingerprint density at radius 2 is 1.52 bits per heavy atom. The minimum atomic E-state index is -0.707. The molecule has 1 unspecified atom stereocenters. The van der Waals surface area contributed by atoms with E-state index in [1.807, 2.05) is 0 Å². The van der Waals surface area contributed by atoms with Crippen molar-refractivity contribution in [2.24, 2.45) is 0 Å². The van der Waals surface area contributed by atoms with Crippen LogP contribution in [0.25, 0.3) is 0 Å². The summed E-state index contributed by atoms with van der Waals surface area (Å²) in [6.07, 6.45) is 9.68. The summed E-state index contributed by atoms with van der Waals surface area (Å²) in [5.74, 6) is -0.0619. The van der Waals surface area contributed by atoms with Crippen LogP contribution in [0.1, 0.15) is 76.4 Å². The smallest absolute Gasteiger partial charge is 0.140 e. The summed E-state index contributed by atoms with van der Waals surface area (Å²) in [4.78, 5) is 0. The first-order valence-electron chi connectivity index (χ1n) is 7.92. The average molecular weight is 333 g/mol. The molecule has 0 spiro atoms. The lowest BCUT2D eigenvalue weighted by atomic mass is 10.0. The topological polar surface area (TPSA) is 40.5 Å². The minimum absolute atomic E-state index is 0.0619. The quantitative estimate of drug-likeness (QED) is 0.496. The molecule has 1 aromatic rings. The van der Waals surface area contributed by atoms with E-state index >= 15 is 0 Å². The zero-order valence-corrected chi connectivity index (χ0v) is 14.3. The fourth-order valence-corrected chi connectivity index (χ4v) is 2.98. The van der Waals surface area contributed by atoms with Gasteiger partial charge in [-0.2, -0.15) is 0 Å². The van der Waals surface area contributed by atoms with Crippen LogP contribution in [0.4, 0.5) is 0 Å². The van der Waals surface area contributed by atoms with E-state index < -0.39 is 6.10 Å². The molecule has 0 aliphatic rings. The van der Waals surface area contributed by atoms with Gasteiger partial charge in [-0.05, 0) is 18.6 Å².